The van der Waals surface area contributed by atoms with Crippen molar-refractivity contribution in [2.75, 3.05) is 33.4 Å². The maximum atomic E-state index is 12.2. The van der Waals surface area contributed by atoms with Crippen molar-refractivity contribution in [2.24, 2.45) is 0 Å². The van der Waals surface area contributed by atoms with E-state index in [1.807, 2.05) is 0 Å². The van der Waals surface area contributed by atoms with Gasteiger partial charge in [-0.3, -0.25) is 19.7 Å². The van der Waals surface area contributed by atoms with Crippen LogP contribution >= 0.6 is 12.2 Å². The summed E-state index contributed by atoms with van der Waals surface area (Å²) in [5.74, 6) is -0.854. The van der Waals surface area contributed by atoms with Gasteiger partial charge in [0.25, 0.3) is 0 Å². The van der Waals surface area contributed by atoms with Crippen molar-refractivity contribution in [1.82, 2.24) is 15.5 Å². The van der Waals surface area contributed by atoms with Crippen molar-refractivity contribution < 1.29 is 28.3 Å². The molecule has 0 spiro atoms. The lowest BCUT2D eigenvalue weighted by molar-refractivity contribution is -0.148. The number of thiocarbonyl (C=S) groups is 1. The van der Waals surface area contributed by atoms with Crippen LogP contribution < -0.4 is 10.6 Å². The van der Waals surface area contributed by atoms with Gasteiger partial charge < -0.3 is 24.1 Å². The SMILES string of the molecule is COCCOC(=O)CC1C(=O)NCCN1C(=S)NC(=O)/C=C/c1ccco1. The molecule has 0 aromatic carbocycles. The normalized spacial score (nSPS) is 16.9. The lowest BCUT2D eigenvalue weighted by Gasteiger charge is -2.36. The Balaban J connectivity index is 1.93. The highest BCUT2D eigenvalue weighted by Crippen LogP contribution is 2.11. The Morgan fingerprint density at radius 1 is 1.48 bits per heavy atom. The minimum absolute atomic E-state index is 0.0636. The van der Waals surface area contributed by atoms with Gasteiger partial charge in [0.2, 0.25) is 11.8 Å². The first kappa shape index (κ1) is 20.6. The molecule has 0 saturated carbocycles. The molecule has 0 bridgehead atoms. The largest absolute Gasteiger partial charge is 0.465 e. The second-order valence-corrected chi connectivity index (χ2v) is 5.95. The third kappa shape index (κ3) is 6.50. The number of methoxy groups -OCH3 is 1. The number of carbonyl (C=O) groups excluding carboxylic acids is 3. The van der Waals surface area contributed by atoms with Gasteiger partial charge in [0.15, 0.2) is 5.11 Å². The first-order valence-electron chi connectivity index (χ1n) is 8.26. The Hall–Kier alpha value is -2.72. The molecule has 1 fully saturated rings. The van der Waals surface area contributed by atoms with Crippen LogP contribution in [0.25, 0.3) is 6.08 Å². The summed E-state index contributed by atoms with van der Waals surface area (Å²) in [5.41, 5.74) is 0. The van der Waals surface area contributed by atoms with Crippen molar-refractivity contribution in [3.05, 3.63) is 30.2 Å². The Labute approximate surface area is 161 Å². The monoisotopic (exact) mass is 395 g/mol. The molecule has 0 aliphatic carbocycles. The summed E-state index contributed by atoms with van der Waals surface area (Å²) in [6.45, 7) is 1.08. The number of hydrogen-bond acceptors (Lipinski definition) is 7. The zero-order chi connectivity index (χ0) is 19.6. The van der Waals surface area contributed by atoms with Gasteiger partial charge in [0.05, 0.1) is 19.3 Å². The number of ether oxygens (including phenoxy) is 2. The predicted molar refractivity (Wildman–Crippen MR) is 99.4 cm³/mol. The lowest BCUT2D eigenvalue weighted by atomic mass is 10.1. The van der Waals surface area contributed by atoms with Crippen LogP contribution in [-0.4, -0.2) is 67.3 Å². The predicted octanol–water partition coefficient (Wildman–Crippen LogP) is 0.0740. The van der Waals surface area contributed by atoms with Crippen LogP contribution in [0.15, 0.2) is 28.9 Å². The van der Waals surface area contributed by atoms with Crippen LogP contribution in [0.1, 0.15) is 12.2 Å². The number of amides is 2. The van der Waals surface area contributed by atoms with Gasteiger partial charge >= 0.3 is 5.97 Å². The third-order valence-corrected chi connectivity index (χ3v) is 4.01. The quantitative estimate of drug-likeness (QED) is 0.289. The van der Waals surface area contributed by atoms with Crippen molar-refractivity contribution >= 4 is 41.2 Å². The van der Waals surface area contributed by atoms with Gasteiger partial charge in [-0.1, -0.05) is 0 Å². The molecule has 2 amide bonds. The zero-order valence-electron chi connectivity index (χ0n) is 14.8. The Kier molecular flexibility index (Phi) is 7.96. The number of piperazine rings is 1. The van der Waals surface area contributed by atoms with Gasteiger partial charge in [-0.05, 0) is 30.4 Å². The van der Waals surface area contributed by atoms with E-state index in [4.69, 9.17) is 26.1 Å². The lowest BCUT2D eigenvalue weighted by Crippen LogP contribution is -2.60. The van der Waals surface area contributed by atoms with Gasteiger partial charge in [0.1, 0.15) is 18.4 Å². The fourth-order valence-corrected chi connectivity index (χ4v) is 2.70. The number of carbonyl (C=O) groups is 3. The van der Waals surface area contributed by atoms with E-state index in [0.717, 1.165) is 0 Å². The summed E-state index contributed by atoms with van der Waals surface area (Å²) in [7, 11) is 1.49. The fourth-order valence-electron chi connectivity index (χ4n) is 2.38. The minimum Gasteiger partial charge on any atom is -0.465 e. The van der Waals surface area contributed by atoms with Crippen molar-refractivity contribution in [1.29, 1.82) is 0 Å². The highest BCUT2D eigenvalue weighted by atomic mass is 32.1. The Morgan fingerprint density at radius 2 is 2.30 bits per heavy atom. The number of furan rings is 1. The molecule has 1 aromatic rings. The van der Waals surface area contributed by atoms with E-state index in [2.05, 4.69) is 10.6 Å². The average molecular weight is 395 g/mol. The topological polar surface area (TPSA) is 110 Å². The van der Waals surface area contributed by atoms with E-state index >= 15 is 0 Å². The molecular weight excluding hydrogens is 374 g/mol. The van der Waals surface area contributed by atoms with Crippen LogP contribution in [-0.2, 0) is 23.9 Å². The summed E-state index contributed by atoms with van der Waals surface area (Å²) in [5, 5.41) is 5.26. The molecule has 146 valence electrons. The van der Waals surface area contributed by atoms with Crippen molar-refractivity contribution in [3.63, 3.8) is 0 Å². The van der Waals surface area contributed by atoms with Crippen LogP contribution in [0.2, 0.25) is 0 Å². The van der Waals surface area contributed by atoms with Gasteiger partial charge in [0, 0.05) is 26.3 Å². The molecular formula is C17H21N3O6S. The minimum atomic E-state index is -0.851. The average Bonchev–Trinajstić information content (AvgIpc) is 3.15. The summed E-state index contributed by atoms with van der Waals surface area (Å²) in [4.78, 5) is 37.6. The highest BCUT2D eigenvalue weighted by molar-refractivity contribution is 7.80. The number of hydrogen-bond donors (Lipinski definition) is 2. The summed E-state index contributed by atoms with van der Waals surface area (Å²) in [6, 6.07) is 2.54. The molecule has 9 nitrogen and oxygen atoms in total. The standard InChI is InChI=1S/C17H21N3O6S/c1-24-9-10-26-15(22)11-13-16(23)18-6-7-20(13)17(27)19-14(21)5-4-12-3-2-8-25-12/h2-5,8,13H,6-7,9-11H2,1H3,(H,18,23)(H,19,21,27)/b5-4+. The van der Waals surface area contributed by atoms with E-state index < -0.39 is 17.9 Å². The first-order valence-corrected chi connectivity index (χ1v) is 8.67. The molecule has 1 unspecified atom stereocenters. The maximum absolute atomic E-state index is 12.2. The molecule has 1 atom stereocenters. The zero-order valence-corrected chi connectivity index (χ0v) is 15.6. The van der Waals surface area contributed by atoms with Gasteiger partial charge in [-0.25, -0.2) is 0 Å². The van der Waals surface area contributed by atoms with Crippen LogP contribution in [0, 0.1) is 0 Å². The van der Waals surface area contributed by atoms with E-state index in [0.29, 0.717) is 18.8 Å². The summed E-state index contributed by atoms with van der Waals surface area (Å²) >= 11 is 5.24. The Bertz CT molecular complexity index is 704. The molecule has 10 heteroatoms. The Morgan fingerprint density at radius 3 is 3.00 bits per heavy atom. The van der Waals surface area contributed by atoms with Crippen LogP contribution in [0.5, 0.6) is 0 Å². The highest BCUT2D eigenvalue weighted by Gasteiger charge is 2.34. The van der Waals surface area contributed by atoms with Crippen LogP contribution in [0.3, 0.4) is 0 Å². The molecule has 0 radical (unpaired) electrons. The molecule has 27 heavy (non-hydrogen) atoms. The number of nitrogens with one attached hydrogen (secondary N) is 2. The van der Waals surface area contributed by atoms with Gasteiger partial charge in [-0.2, -0.15) is 0 Å². The fraction of sp³-hybridized carbons (Fsp3) is 0.412. The molecule has 2 N–H and O–H groups in total. The third-order valence-electron chi connectivity index (χ3n) is 3.67. The first-order chi connectivity index (χ1) is 13.0. The summed E-state index contributed by atoms with van der Waals surface area (Å²) < 4.78 is 14.9. The molecule has 1 aliphatic rings. The summed E-state index contributed by atoms with van der Waals surface area (Å²) in [6.07, 6.45) is 4.06. The van der Waals surface area contributed by atoms with Crippen LogP contribution in [0.4, 0.5) is 0 Å². The second-order valence-electron chi connectivity index (χ2n) is 5.56. The van der Waals surface area contributed by atoms with Gasteiger partial charge in [-0.15, -0.1) is 0 Å². The van der Waals surface area contributed by atoms with E-state index in [-0.39, 0.29) is 30.7 Å². The maximum Gasteiger partial charge on any atom is 0.308 e. The smallest absolute Gasteiger partial charge is 0.308 e. The molecule has 1 aromatic heterocycles. The number of esters is 1. The van der Waals surface area contributed by atoms with E-state index in [9.17, 15) is 14.4 Å². The number of rotatable bonds is 7. The van der Waals surface area contributed by atoms with E-state index in [1.54, 1.807) is 12.1 Å². The molecule has 1 aliphatic heterocycles. The number of nitrogens with zero attached hydrogens (tertiary/aromatic N) is 1. The van der Waals surface area contributed by atoms with Crippen molar-refractivity contribution in [3.8, 4) is 0 Å². The second kappa shape index (κ2) is 10.4. The van der Waals surface area contributed by atoms with E-state index in [1.165, 1.54) is 30.4 Å². The molecule has 1 saturated heterocycles. The van der Waals surface area contributed by atoms with Crippen molar-refractivity contribution in [2.45, 2.75) is 12.5 Å². The molecule has 2 rings (SSSR count). The molecule has 2 heterocycles.